The molecule has 0 saturated heterocycles. The van der Waals surface area contributed by atoms with Crippen LogP contribution in [-0.2, 0) is 17.1 Å². The van der Waals surface area contributed by atoms with Gasteiger partial charge in [-0.25, -0.2) is 4.98 Å². The van der Waals surface area contributed by atoms with Crippen LogP contribution in [0.3, 0.4) is 0 Å². The van der Waals surface area contributed by atoms with Crippen molar-refractivity contribution in [1.29, 1.82) is 0 Å². The molecule has 0 bridgehead atoms. The van der Waals surface area contributed by atoms with Crippen LogP contribution in [0.4, 0.5) is 5.82 Å². The summed E-state index contributed by atoms with van der Waals surface area (Å²) in [7, 11) is -2.49. The van der Waals surface area contributed by atoms with Crippen molar-refractivity contribution in [3.8, 4) is 0 Å². The van der Waals surface area contributed by atoms with Crippen molar-refractivity contribution in [2.24, 2.45) is 22.9 Å². The molecule has 0 amide bonds. The van der Waals surface area contributed by atoms with Crippen LogP contribution >= 0.6 is 0 Å². The van der Waals surface area contributed by atoms with E-state index < -0.39 is 16.0 Å². The molecule has 1 rings (SSSR count). The smallest absolute Gasteiger partial charge is 0.304 e. The number of sulfonamides is 1. The summed E-state index contributed by atoms with van der Waals surface area (Å²) >= 11 is 0. The molecule has 0 saturated carbocycles. The van der Waals surface area contributed by atoms with Gasteiger partial charge in [0.25, 0.3) is 0 Å². The van der Waals surface area contributed by atoms with E-state index in [1.807, 2.05) is 0 Å². The van der Waals surface area contributed by atoms with E-state index in [2.05, 4.69) is 9.38 Å². The zero-order valence-corrected chi connectivity index (χ0v) is 8.19. The number of aryl methyl sites for hydroxylation is 1. The van der Waals surface area contributed by atoms with E-state index in [1.165, 1.54) is 17.9 Å². The second kappa shape index (κ2) is 3.18. The molecule has 0 unspecified atom stereocenters. The molecule has 8 nitrogen and oxygen atoms in total. The van der Waals surface area contributed by atoms with Crippen LogP contribution in [0.25, 0.3) is 0 Å². The number of hydrogen-bond acceptors (Lipinski definition) is 4. The molecule has 1 aromatic heterocycles. The summed E-state index contributed by atoms with van der Waals surface area (Å²) in [5.74, 6) is -0.692. The molecule has 0 aromatic carbocycles. The van der Waals surface area contributed by atoms with Gasteiger partial charge in [0.1, 0.15) is 0 Å². The van der Waals surface area contributed by atoms with Crippen molar-refractivity contribution >= 4 is 21.8 Å². The van der Waals surface area contributed by atoms with E-state index in [-0.39, 0.29) is 10.8 Å². The van der Waals surface area contributed by atoms with Gasteiger partial charge in [-0.05, 0) is 0 Å². The Morgan fingerprint density at radius 2 is 2.14 bits per heavy atom. The van der Waals surface area contributed by atoms with E-state index in [4.69, 9.17) is 17.2 Å². The van der Waals surface area contributed by atoms with E-state index in [0.29, 0.717) is 0 Å². The fourth-order valence-corrected chi connectivity index (χ4v) is 2.03. The highest BCUT2D eigenvalue weighted by Crippen LogP contribution is 2.17. The fourth-order valence-electron chi connectivity index (χ4n) is 0.933. The van der Waals surface area contributed by atoms with E-state index in [0.717, 1.165) is 0 Å². The summed E-state index contributed by atoms with van der Waals surface area (Å²) < 4.78 is 27.2. The van der Waals surface area contributed by atoms with Crippen molar-refractivity contribution in [2.45, 2.75) is 5.03 Å². The van der Waals surface area contributed by atoms with Crippen molar-refractivity contribution in [1.82, 2.24) is 9.55 Å². The van der Waals surface area contributed by atoms with Crippen molar-refractivity contribution in [3.05, 3.63) is 6.33 Å². The number of anilines is 1. The van der Waals surface area contributed by atoms with Gasteiger partial charge in [-0.15, -0.1) is 4.40 Å². The van der Waals surface area contributed by atoms with Crippen LogP contribution in [0.1, 0.15) is 0 Å². The Bertz CT molecular complexity index is 449. The molecule has 1 aromatic rings. The Kier molecular flexibility index (Phi) is 2.34. The topological polar surface area (TPSA) is 142 Å². The van der Waals surface area contributed by atoms with Gasteiger partial charge in [-0.3, -0.25) is 0 Å². The Morgan fingerprint density at radius 1 is 1.57 bits per heavy atom. The second-order valence-electron chi connectivity index (χ2n) is 2.54. The number of nitrogens with zero attached hydrogens (tertiary/aromatic N) is 3. The Morgan fingerprint density at radius 3 is 2.50 bits per heavy atom. The minimum absolute atomic E-state index is 0.141. The average Bonchev–Trinajstić information content (AvgIpc) is 2.27. The maximum absolute atomic E-state index is 11.5. The van der Waals surface area contributed by atoms with E-state index in [9.17, 15) is 8.42 Å². The SMILES string of the molecule is Cn1cnc(N)c1S(=O)(=O)N=C(N)N. The molecule has 0 aliphatic carbocycles. The summed E-state index contributed by atoms with van der Waals surface area (Å²) in [5, 5.41) is -0.231. The third-order valence-electron chi connectivity index (χ3n) is 1.38. The number of guanidine groups is 1. The molecule has 14 heavy (non-hydrogen) atoms. The number of hydrogen-bond donors (Lipinski definition) is 3. The molecule has 0 atom stereocenters. The van der Waals surface area contributed by atoms with Gasteiger partial charge < -0.3 is 21.8 Å². The third-order valence-corrected chi connectivity index (χ3v) is 2.82. The van der Waals surface area contributed by atoms with Gasteiger partial charge in [-0.1, -0.05) is 0 Å². The Hall–Kier alpha value is -1.77. The third kappa shape index (κ3) is 1.76. The molecular formula is C5H10N6O2S. The summed E-state index contributed by atoms with van der Waals surface area (Å²) in [6.45, 7) is 0. The molecule has 1 heterocycles. The van der Waals surface area contributed by atoms with Crippen LogP contribution in [0, 0.1) is 0 Å². The molecule has 0 aliphatic rings. The quantitative estimate of drug-likeness (QED) is 0.385. The maximum Gasteiger partial charge on any atom is 0.304 e. The highest BCUT2D eigenvalue weighted by atomic mass is 32.2. The van der Waals surface area contributed by atoms with Crippen LogP contribution in [0.15, 0.2) is 15.8 Å². The standard InChI is InChI=1S/C5H10N6O2S/c1-11-2-9-3(6)4(11)14(12,13)10-5(7)8/h2H,6H2,1H3,(H4,7,8,10). The lowest BCUT2D eigenvalue weighted by Crippen LogP contribution is -2.24. The average molecular weight is 218 g/mol. The van der Waals surface area contributed by atoms with Gasteiger partial charge >= 0.3 is 10.0 Å². The summed E-state index contributed by atoms with van der Waals surface area (Å²) in [5.41, 5.74) is 15.3. The number of aromatic nitrogens is 2. The number of imidazole rings is 1. The predicted octanol–water partition coefficient (Wildman–Crippen LogP) is -2.04. The van der Waals surface area contributed by atoms with Gasteiger partial charge in [0.2, 0.25) is 11.0 Å². The lowest BCUT2D eigenvalue weighted by atomic mass is 10.8. The van der Waals surface area contributed by atoms with Gasteiger partial charge in [0.15, 0.2) is 5.82 Å². The predicted molar refractivity (Wildman–Crippen MR) is 50.6 cm³/mol. The Labute approximate surface area is 80.5 Å². The molecule has 0 fully saturated rings. The second-order valence-corrected chi connectivity index (χ2v) is 4.06. The van der Waals surface area contributed by atoms with E-state index >= 15 is 0 Å². The maximum atomic E-state index is 11.5. The minimum atomic E-state index is -3.96. The molecule has 9 heteroatoms. The van der Waals surface area contributed by atoms with Crippen LogP contribution in [-0.4, -0.2) is 23.9 Å². The largest absolute Gasteiger partial charge is 0.381 e. The van der Waals surface area contributed by atoms with Gasteiger partial charge in [0, 0.05) is 7.05 Å². The first-order valence-corrected chi connectivity index (χ1v) is 4.91. The zero-order valence-electron chi connectivity index (χ0n) is 7.38. The van der Waals surface area contributed by atoms with Crippen molar-refractivity contribution in [2.75, 3.05) is 5.73 Å². The highest BCUT2D eigenvalue weighted by Gasteiger charge is 2.21. The lowest BCUT2D eigenvalue weighted by molar-refractivity contribution is 0.588. The minimum Gasteiger partial charge on any atom is -0.381 e. The first-order valence-electron chi connectivity index (χ1n) is 3.47. The zero-order chi connectivity index (χ0) is 10.9. The van der Waals surface area contributed by atoms with Gasteiger partial charge in [-0.2, -0.15) is 8.42 Å². The molecule has 0 radical (unpaired) electrons. The number of rotatable bonds is 2. The molecule has 78 valence electrons. The van der Waals surface area contributed by atoms with Gasteiger partial charge in [0.05, 0.1) is 6.33 Å². The molecule has 0 aliphatic heterocycles. The summed E-state index contributed by atoms with van der Waals surface area (Å²) in [4.78, 5) is 3.60. The molecular weight excluding hydrogens is 208 g/mol. The summed E-state index contributed by atoms with van der Waals surface area (Å²) in [6, 6.07) is 0. The molecule has 0 spiro atoms. The van der Waals surface area contributed by atoms with Crippen LogP contribution in [0.2, 0.25) is 0 Å². The fraction of sp³-hybridized carbons (Fsp3) is 0.200. The summed E-state index contributed by atoms with van der Waals surface area (Å²) in [6.07, 6.45) is 1.25. The normalized spacial score (nSPS) is 11.2. The molecule has 6 N–H and O–H groups in total. The first-order chi connectivity index (χ1) is 6.34. The van der Waals surface area contributed by atoms with Crippen LogP contribution in [0.5, 0.6) is 0 Å². The van der Waals surface area contributed by atoms with Crippen molar-refractivity contribution < 1.29 is 8.42 Å². The highest BCUT2D eigenvalue weighted by molar-refractivity contribution is 7.90. The first kappa shape index (κ1) is 10.3. The monoisotopic (exact) mass is 218 g/mol. The Balaban J connectivity index is 3.38. The lowest BCUT2D eigenvalue weighted by Gasteiger charge is -2.00. The van der Waals surface area contributed by atoms with Crippen LogP contribution < -0.4 is 17.2 Å². The van der Waals surface area contributed by atoms with Crippen molar-refractivity contribution in [3.63, 3.8) is 0 Å². The number of nitrogens with two attached hydrogens (primary N) is 3. The van der Waals surface area contributed by atoms with E-state index in [1.54, 1.807) is 0 Å². The number of nitrogen functional groups attached to an aromatic ring is 1.